The summed E-state index contributed by atoms with van der Waals surface area (Å²) in [5.41, 5.74) is 1.72. The lowest BCUT2D eigenvalue weighted by molar-refractivity contribution is 0.102. The number of halogens is 1. The Hall–Kier alpha value is -3.25. The number of hydrogen-bond donors (Lipinski definition) is 2. The monoisotopic (exact) mass is 397 g/mol. The topological polar surface area (TPSA) is 72.5 Å². The van der Waals surface area contributed by atoms with Crippen LogP contribution in [0.15, 0.2) is 60.8 Å². The van der Waals surface area contributed by atoms with E-state index in [2.05, 4.69) is 15.6 Å². The Bertz CT molecular complexity index is 961. The average molecular weight is 398 g/mol. The standard InChI is InChI=1S/C21H20ClN3O3/c1-3-28-19-7-5-4-6-16(19)25-21(26)14-8-11-20(23-13-14)24-17-12-15(22)9-10-18(17)27-2/h4-13H,3H2,1-2H3,(H,23,24)(H,25,26). The number of methoxy groups -OCH3 is 1. The highest BCUT2D eigenvalue weighted by atomic mass is 35.5. The molecule has 2 N–H and O–H groups in total. The first-order valence-corrected chi connectivity index (χ1v) is 9.08. The van der Waals surface area contributed by atoms with Gasteiger partial charge in [-0.3, -0.25) is 4.79 Å². The highest BCUT2D eigenvalue weighted by Crippen LogP contribution is 2.30. The van der Waals surface area contributed by atoms with Crippen LogP contribution in [0.25, 0.3) is 0 Å². The lowest BCUT2D eigenvalue weighted by Gasteiger charge is -2.12. The number of pyridine rings is 1. The second-order valence-electron chi connectivity index (χ2n) is 5.79. The number of rotatable bonds is 7. The SMILES string of the molecule is CCOc1ccccc1NC(=O)c1ccc(Nc2cc(Cl)ccc2OC)nc1. The molecule has 0 aliphatic rings. The molecule has 2 aromatic carbocycles. The van der Waals surface area contributed by atoms with Crippen LogP contribution in [0.5, 0.6) is 11.5 Å². The number of anilines is 3. The van der Waals surface area contributed by atoms with E-state index in [1.54, 1.807) is 43.5 Å². The van der Waals surface area contributed by atoms with Gasteiger partial charge in [0.15, 0.2) is 0 Å². The lowest BCUT2D eigenvalue weighted by atomic mass is 10.2. The molecule has 0 aliphatic heterocycles. The van der Waals surface area contributed by atoms with Crippen molar-refractivity contribution < 1.29 is 14.3 Å². The van der Waals surface area contributed by atoms with Crippen LogP contribution in [0, 0.1) is 0 Å². The van der Waals surface area contributed by atoms with Gasteiger partial charge in [-0.25, -0.2) is 4.98 Å². The van der Waals surface area contributed by atoms with Crippen molar-refractivity contribution in [3.05, 3.63) is 71.4 Å². The molecule has 144 valence electrons. The Labute approximate surface area is 168 Å². The minimum absolute atomic E-state index is 0.272. The number of amides is 1. The molecular formula is C21H20ClN3O3. The van der Waals surface area contributed by atoms with Crippen molar-refractivity contribution in [2.24, 2.45) is 0 Å². The number of nitrogens with one attached hydrogen (secondary N) is 2. The van der Waals surface area contributed by atoms with Gasteiger partial charge in [0.05, 0.1) is 30.7 Å². The van der Waals surface area contributed by atoms with E-state index >= 15 is 0 Å². The van der Waals surface area contributed by atoms with Gasteiger partial charge in [-0.15, -0.1) is 0 Å². The predicted octanol–water partition coefficient (Wildman–Crippen LogP) is 5.14. The molecule has 0 bridgehead atoms. The summed E-state index contributed by atoms with van der Waals surface area (Å²) in [5.74, 6) is 1.55. The highest BCUT2D eigenvalue weighted by molar-refractivity contribution is 6.31. The van der Waals surface area contributed by atoms with Crippen molar-refractivity contribution in [3.63, 3.8) is 0 Å². The molecule has 0 saturated heterocycles. The van der Waals surface area contributed by atoms with Crippen LogP contribution in [0.2, 0.25) is 5.02 Å². The molecule has 0 unspecified atom stereocenters. The Balaban J connectivity index is 1.72. The van der Waals surface area contributed by atoms with Crippen LogP contribution in [0.4, 0.5) is 17.2 Å². The van der Waals surface area contributed by atoms with Crippen molar-refractivity contribution in [2.45, 2.75) is 6.92 Å². The molecule has 28 heavy (non-hydrogen) atoms. The maximum Gasteiger partial charge on any atom is 0.257 e. The van der Waals surface area contributed by atoms with E-state index < -0.39 is 0 Å². The quantitative estimate of drug-likeness (QED) is 0.577. The molecule has 7 heteroatoms. The van der Waals surface area contributed by atoms with Crippen LogP contribution in [0.1, 0.15) is 17.3 Å². The van der Waals surface area contributed by atoms with Gasteiger partial charge in [-0.2, -0.15) is 0 Å². The van der Waals surface area contributed by atoms with E-state index in [1.807, 2.05) is 25.1 Å². The summed E-state index contributed by atoms with van der Waals surface area (Å²) in [6.45, 7) is 2.41. The van der Waals surface area contributed by atoms with E-state index in [-0.39, 0.29) is 5.91 Å². The Morgan fingerprint density at radius 2 is 1.89 bits per heavy atom. The van der Waals surface area contributed by atoms with E-state index in [4.69, 9.17) is 21.1 Å². The number of carbonyl (C=O) groups is 1. The van der Waals surface area contributed by atoms with E-state index in [0.29, 0.717) is 45.9 Å². The molecule has 1 amide bonds. The lowest BCUT2D eigenvalue weighted by Crippen LogP contribution is -2.13. The number of carbonyl (C=O) groups excluding carboxylic acids is 1. The predicted molar refractivity (Wildman–Crippen MR) is 111 cm³/mol. The van der Waals surface area contributed by atoms with Gasteiger partial charge in [0, 0.05) is 11.2 Å². The summed E-state index contributed by atoms with van der Waals surface area (Å²) in [6, 6.07) is 15.9. The molecule has 0 saturated carbocycles. The van der Waals surface area contributed by atoms with Crippen molar-refractivity contribution in [2.75, 3.05) is 24.4 Å². The van der Waals surface area contributed by atoms with Crippen LogP contribution in [-0.2, 0) is 0 Å². The van der Waals surface area contributed by atoms with Crippen molar-refractivity contribution >= 4 is 34.7 Å². The van der Waals surface area contributed by atoms with Gasteiger partial charge in [0.25, 0.3) is 5.91 Å². The summed E-state index contributed by atoms with van der Waals surface area (Å²) in [6.07, 6.45) is 1.50. The molecule has 1 aromatic heterocycles. The average Bonchev–Trinajstić information content (AvgIpc) is 2.70. The largest absolute Gasteiger partial charge is 0.495 e. The maximum absolute atomic E-state index is 12.5. The molecule has 0 fully saturated rings. The van der Waals surface area contributed by atoms with Gasteiger partial charge >= 0.3 is 0 Å². The smallest absolute Gasteiger partial charge is 0.257 e. The van der Waals surface area contributed by atoms with Crippen LogP contribution in [-0.4, -0.2) is 24.6 Å². The van der Waals surface area contributed by atoms with Gasteiger partial charge in [-0.1, -0.05) is 23.7 Å². The van der Waals surface area contributed by atoms with Crippen LogP contribution >= 0.6 is 11.6 Å². The molecule has 6 nitrogen and oxygen atoms in total. The van der Waals surface area contributed by atoms with Crippen LogP contribution in [0.3, 0.4) is 0 Å². The van der Waals surface area contributed by atoms with Gasteiger partial charge < -0.3 is 20.1 Å². The Kier molecular flexibility index (Phi) is 6.34. The zero-order valence-electron chi connectivity index (χ0n) is 15.5. The molecule has 3 rings (SSSR count). The molecule has 3 aromatic rings. The molecule has 0 aliphatic carbocycles. The first-order valence-electron chi connectivity index (χ1n) is 8.70. The second-order valence-corrected chi connectivity index (χ2v) is 6.22. The minimum Gasteiger partial charge on any atom is -0.495 e. The molecule has 1 heterocycles. The summed E-state index contributed by atoms with van der Waals surface area (Å²) in [7, 11) is 1.58. The summed E-state index contributed by atoms with van der Waals surface area (Å²) in [5, 5.41) is 6.55. The second kappa shape index (κ2) is 9.10. The number of aromatic nitrogens is 1. The highest BCUT2D eigenvalue weighted by Gasteiger charge is 2.11. The number of para-hydroxylation sites is 2. The van der Waals surface area contributed by atoms with Gasteiger partial charge in [0.2, 0.25) is 0 Å². The van der Waals surface area contributed by atoms with E-state index in [1.165, 1.54) is 6.20 Å². The van der Waals surface area contributed by atoms with E-state index in [9.17, 15) is 4.79 Å². The molecular weight excluding hydrogens is 378 g/mol. The molecule has 0 radical (unpaired) electrons. The minimum atomic E-state index is -0.272. The van der Waals surface area contributed by atoms with Crippen LogP contribution < -0.4 is 20.1 Å². The van der Waals surface area contributed by atoms with Crippen molar-refractivity contribution in [3.8, 4) is 11.5 Å². The third-order valence-electron chi connectivity index (χ3n) is 3.89. The zero-order valence-corrected chi connectivity index (χ0v) is 16.3. The summed E-state index contributed by atoms with van der Waals surface area (Å²) >= 11 is 6.04. The first-order chi connectivity index (χ1) is 13.6. The molecule has 0 spiro atoms. The zero-order chi connectivity index (χ0) is 19.9. The third kappa shape index (κ3) is 4.72. The number of nitrogens with zero attached hydrogens (tertiary/aromatic N) is 1. The van der Waals surface area contributed by atoms with Gasteiger partial charge in [0.1, 0.15) is 17.3 Å². The summed E-state index contributed by atoms with van der Waals surface area (Å²) < 4.78 is 10.8. The summed E-state index contributed by atoms with van der Waals surface area (Å²) in [4.78, 5) is 16.8. The number of benzene rings is 2. The normalized spacial score (nSPS) is 10.2. The van der Waals surface area contributed by atoms with Crippen molar-refractivity contribution in [1.82, 2.24) is 4.98 Å². The fraction of sp³-hybridized carbons (Fsp3) is 0.143. The third-order valence-corrected chi connectivity index (χ3v) is 4.12. The van der Waals surface area contributed by atoms with Gasteiger partial charge in [-0.05, 0) is 49.4 Å². The molecule has 0 atom stereocenters. The fourth-order valence-electron chi connectivity index (χ4n) is 2.56. The first kappa shape index (κ1) is 19.5. The Morgan fingerprint density at radius 1 is 1.07 bits per heavy atom. The van der Waals surface area contributed by atoms with Crippen molar-refractivity contribution in [1.29, 1.82) is 0 Å². The Morgan fingerprint density at radius 3 is 2.61 bits per heavy atom. The number of ether oxygens (including phenoxy) is 2. The van der Waals surface area contributed by atoms with E-state index in [0.717, 1.165) is 0 Å². The fourth-order valence-corrected chi connectivity index (χ4v) is 2.74. The maximum atomic E-state index is 12.5. The number of hydrogen-bond acceptors (Lipinski definition) is 5.